The van der Waals surface area contributed by atoms with Gasteiger partial charge in [0.1, 0.15) is 60.4 Å². The molecule has 19 N–H and O–H groups in total. The summed E-state index contributed by atoms with van der Waals surface area (Å²) in [6, 6.07) is 9.28. The zero-order valence-electron chi connectivity index (χ0n) is 56.2. The van der Waals surface area contributed by atoms with E-state index >= 15 is 4.79 Å². The van der Waals surface area contributed by atoms with Crippen molar-refractivity contribution in [3.05, 3.63) is 108 Å². The minimum Gasteiger partial charge on any atom is -0.508 e. The van der Waals surface area contributed by atoms with Gasteiger partial charge in [-0.15, -0.1) is 5.10 Å². The van der Waals surface area contributed by atoms with Gasteiger partial charge in [0.05, 0.1) is 50.8 Å². The lowest BCUT2D eigenvalue weighted by atomic mass is 10.0. The lowest BCUT2D eigenvalue weighted by Crippen LogP contribution is -2.60. The molecule has 0 spiro atoms. The molecule has 101 heavy (non-hydrogen) atoms. The van der Waals surface area contributed by atoms with Gasteiger partial charge in [-0.3, -0.25) is 53.2 Å². The zero-order chi connectivity index (χ0) is 72.2. The number of aromatic hydroxyl groups is 2. The number of unbranched alkanes of at least 4 members (excludes halogenated alkanes) is 1. The number of urea groups is 1. The maximum Gasteiger partial charge on any atom is 0.315 e. The number of aromatic amines is 1. The fourth-order valence-electron chi connectivity index (χ4n) is 11.8. The van der Waals surface area contributed by atoms with Crippen molar-refractivity contribution in [2.75, 3.05) is 58.5 Å². The number of primary amides is 1. The molecule has 2 fully saturated rings. The van der Waals surface area contributed by atoms with Crippen LogP contribution in [0.15, 0.2) is 85.2 Å². The summed E-state index contributed by atoms with van der Waals surface area (Å²) in [5.74, 6) is -6.40. The van der Waals surface area contributed by atoms with Gasteiger partial charge in [0, 0.05) is 86.0 Å². The number of guanidine groups is 1. The Morgan fingerprint density at radius 1 is 0.653 bits per heavy atom. The first-order valence-electron chi connectivity index (χ1n) is 33.8. The van der Waals surface area contributed by atoms with Crippen LogP contribution in [0.5, 0.6) is 11.5 Å². The second-order valence-electron chi connectivity index (χ2n) is 25.0. The molecule has 0 radical (unpaired) electrons. The summed E-state index contributed by atoms with van der Waals surface area (Å²) in [4.78, 5) is 142. The fraction of sp³-hybridized carbons (Fsp3) is 0.507. The molecule has 2 bridgehead atoms. The summed E-state index contributed by atoms with van der Waals surface area (Å²) in [5, 5.41) is 67.9. The number of nitrogens with two attached hydrogens (primary N) is 2. The maximum atomic E-state index is 15.2. The quantitative estimate of drug-likeness (QED) is 0.0119. The predicted molar refractivity (Wildman–Crippen MR) is 370 cm³/mol. The summed E-state index contributed by atoms with van der Waals surface area (Å²) >= 11 is 1.84. The number of aryl methyl sites for hydroxylation is 1. The maximum absolute atomic E-state index is 15.2. The number of para-hydroxylation sites is 1. The molecule has 546 valence electrons. The number of nitrogens with one attached hydrogen (secondary N) is 13. The van der Waals surface area contributed by atoms with Crippen LogP contribution in [0, 0.1) is 5.41 Å². The van der Waals surface area contributed by atoms with Crippen molar-refractivity contribution >= 4 is 87.8 Å². The molecule has 3 aromatic carbocycles. The number of benzene rings is 3. The summed E-state index contributed by atoms with van der Waals surface area (Å²) < 4.78 is 18.4. The van der Waals surface area contributed by atoms with E-state index in [-0.39, 0.29) is 138 Å². The number of aromatic nitrogens is 4. The molecule has 33 nitrogen and oxygen atoms in total. The summed E-state index contributed by atoms with van der Waals surface area (Å²) in [6.07, 6.45) is 6.10. The van der Waals surface area contributed by atoms with Crippen molar-refractivity contribution in [2.24, 2.45) is 11.5 Å². The van der Waals surface area contributed by atoms with Crippen LogP contribution >= 0.6 is 11.8 Å². The number of ether oxygens (including phenoxy) is 3. The normalized spacial score (nSPS) is 22.7. The lowest BCUT2D eigenvalue weighted by molar-refractivity contribution is -0.135. The topological polar surface area (TPSA) is 494 Å². The van der Waals surface area contributed by atoms with Crippen molar-refractivity contribution in [1.82, 2.24) is 78.5 Å². The van der Waals surface area contributed by atoms with Crippen LogP contribution in [0.4, 0.5) is 4.79 Å². The van der Waals surface area contributed by atoms with E-state index in [1.807, 2.05) is 30.0 Å². The molecule has 5 heterocycles. The van der Waals surface area contributed by atoms with Gasteiger partial charge in [0.15, 0.2) is 5.96 Å². The Morgan fingerprint density at radius 2 is 1.28 bits per heavy atom. The number of carbonyl (C=O) groups excluding carboxylic acids is 10. The monoisotopic (exact) mass is 1420 g/mol. The van der Waals surface area contributed by atoms with E-state index in [1.54, 1.807) is 18.5 Å². The average Bonchev–Trinajstić information content (AvgIpc) is 1.71. The number of carbonyl (C=O) groups is 10. The van der Waals surface area contributed by atoms with E-state index in [0.29, 0.717) is 58.7 Å². The molecular formula is C67H92N18O15S. The highest BCUT2D eigenvalue weighted by atomic mass is 32.2. The lowest BCUT2D eigenvalue weighted by Gasteiger charge is -2.27. The number of H-pyrrole nitrogens is 1. The van der Waals surface area contributed by atoms with Gasteiger partial charge in [-0.05, 0) is 98.9 Å². The van der Waals surface area contributed by atoms with Gasteiger partial charge < -0.3 is 99.4 Å². The van der Waals surface area contributed by atoms with Gasteiger partial charge in [0.2, 0.25) is 53.2 Å². The Balaban J connectivity index is 0.968. The van der Waals surface area contributed by atoms with E-state index in [2.05, 4.69) is 73.8 Å². The van der Waals surface area contributed by atoms with E-state index in [1.165, 1.54) is 60.1 Å². The molecule has 3 aliphatic heterocycles. The van der Waals surface area contributed by atoms with Crippen molar-refractivity contribution in [3.63, 3.8) is 0 Å². The van der Waals surface area contributed by atoms with Gasteiger partial charge >= 0.3 is 6.03 Å². The van der Waals surface area contributed by atoms with Crippen molar-refractivity contribution in [1.29, 1.82) is 5.41 Å². The third-order valence-corrected chi connectivity index (χ3v) is 18.7. The van der Waals surface area contributed by atoms with Crippen LogP contribution in [-0.4, -0.2) is 213 Å². The van der Waals surface area contributed by atoms with Crippen LogP contribution < -0.4 is 70.0 Å². The highest BCUT2D eigenvalue weighted by Crippen LogP contribution is 2.33. The second-order valence-corrected chi connectivity index (χ2v) is 26.3. The molecular weight excluding hydrogens is 1330 g/mol. The van der Waals surface area contributed by atoms with Crippen molar-refractivity contribution < 1.29 is 72.4 Å². The Morgan fingerprint density at radius 3 is 1.97 bits per heavy atom. The predicted octanol–water partition coefficient (Wildman–Crippen LogP) is -1.32. The first kappa shape index (κ1) is 76.7. The molecule has 2 saturated heterocycles. The number of hydrogen-bond acceptors (Lipinski definition) is 19. The largest absolute Gasteiger partial charge is 0.508 e. The first-order valence-corrected chi connectivity index (χ1v) is 34.9. The number of phenolic OH excluding ortho intramolecular Hbond substituents is 2. The van der Waals surface area contributed by atoms with E-state index in [0.717, 1.165) is 25.0 Å². The molecule has 5 aromatic rings. The standard InChI is InChI=1S/C67H92N18O15S/c1-39-60(91)78-50(31-40-15-19-44(86)20-16-40)62(93)76-48(59(68)90)11-6-7-25-85-36-43(83-84-85)34-53(75-57(89)37-100-30-29-99-28-27-98-26-24-71-56(88)14-5-4-13-55-58-54(38-101-55)81-67(97)82-58)65(96)80-52(33-42-35-73-47-10-3-2-9-46(42)47)64(95)79-51(32-41-17-21-45(87)22-18-41)63(94)77-49(61(92)74-39)12-8-23-72-66(69)70/h2-3,9-10,15-22,35-36,39,48-55,58,73,86-87H,4-8,11-14,23-34,37-38H2,1H3,(H2,68,90)(H,71,88)(H,74,92)(H,75,89)(H,76,93)(H,77,94)(H,78,91)(H,79,95)(H,80,96)(H4,69,70,72)(H2,81,82,97)/t39-,48+,49-,50-,51-,52-,53+,54-,55-,58-/m1/s1. The number of phenols is 2. The van der Waals surface area contributed by atoms with Gasteiger partial charge in [-0.25, -0.2) is 4.79 Å². The van der Waals surface area contributed by atoms with E-state index in [9.17, 15) is 53.4 Å². The highest BCUT2D eigenvalue weighted by molar-refractivity contribution is 8.00. The van der Waals surface area contributed by atoms with Gasteiger partial charge in [0.25, 0.3) is 0 Å². The molecule has 34 heteroatoms. The SMILES string of the molecule is C[C@H]1NC(=O)[C@@H](CCCNC(=N)N)NC(=O)[C@@H](Cc2ccc(O)cc2)NC(=O)[C@@H](Cc2c[nH]c3ccccc23)NC(=O)[C@@H](NC(=O)COCCOCCOCCNC(=O)CCCC[C@H]2SC[C@H]3NC(=O)N[C@H]32)Cc2cn(nn2)CCCC[C@@H](C(N)=O)NC(=O)[C@@H](Cc2ccc(O)cc2)NC1=O. The zero-order valence-corrected chi connectivity index (χ0v) is 57.0. The molecule has 2 aromatic heterocycles. The first-order chi connectivity index (χ1) is 48.6. The Kier molecular flexibility index (Phi) is 29.7. The number of hydrogen-bond donors (Lipinski definition) is 17. The number of thioether (sulfide) groups is 1. The Bertz CT molecular complexity index is 3630. The molecule has 11 amide bonds. The minimum atomic E-state index is -1.51. The molecule has 0 aliphatic carbocycles. The van der Waals surface area contributed by atoms with Gasteiger partial charge in [-0.1, -0.05) is 54.1 Å². The highest BCUT2D eigenvalue weighted by Gasteiger charge is 2.43. The molecule has 8 rings (SSSR count). The summed E-state index contributed by atoms with van der Waals surface area (Å²) in [7, 11) is 0. The van der Waals surface area contributed by atoms with Crippen molar-refractivity contribution in [2.45, 2.75) is 157 Å². The van der Waals surface area contributed by atoms with Crippen LogP contribution in [0.2, 0.25) is 0 Å². The number of nitrogens with zero attached hydrogens (tertiary/aromatic N) is 3. The van der Waals surface area contributed by atoms with Crippen LogP contribution in [-0.2, 0) is 89.6 Å². The second kappa shape index (κ2) is 39.1. The summed E-state index contributed by atoms with van der Waals surface area (Å²) in [6.45, 7) is 2.16. The van der Waals surface area contributed by atoms with Crippen molar-refractivity contribution in [3.8, 4) is 11.5 Å². The van der Waals surface area contributed by atoms with E-state index in [4.69, 9.17) is 31.1 Å². The smallest absolute Gasteiger partial charge is 0.315 e. The molecule has 10 atom stereocenters. The fourth-order valence-corrected chi connectivity index (χ4v) is 13.3. The molecule has 0 saturated carbocycles. The molecule has 3 aliphatic rings. The Hall–Kier alpha value is -10.1. The number of amides is 11. The Labute approximate surface area is 587 Å². The van der Waals surface area contributed by atoms with E-state index < -0.39 is 96.2 Å². The third kappa shape index (κ3) is 25.0. The third-order valence-electron chi connectivity index (χ3n) is 17.2. The average molecular weight is 1420 g/mol. The van der Waals surface area contributed by atoms with Crippen LogP contribution in [0.1, 0.15) is 87.1 Å². The summed E-state index contributed by atoms with van der Waals surface area (Å²) in [5.41, 5.74) is 13.9. The number of fused-ring (bicyclic) bond motifs is 4. The number of rotatable bonds is 28. The minimum absolute atomic E-state index is 0.0286. The van der Waals surface area contributed by atoms with Gasteiger partial charge in [-0.2, -0.15) is 11.8 Å². The molecule has 0 unspecified atom stereocenters. The van der Waals surface area contributed by atoms with Crippen LogP contribution in [0.25, 0.3) is 10.9 Å². The van der Waals surface area contributed by atoms with Crippen LogP contribution in [0.3, 0.4) is 0 Å².